The summed E-state index contributed by atoms with van der Waals surface area (Å²) < 4.78 is 12.9. The van der Waals surface area contributed by atoms with Crippen LogP contribution < -0.4 is 4.74 Å². The molecule has 3 heterocycles. The topological polar surface area (TPSA) is 93.4 Å². The Kier molecular flexibility index (Phi) is 8.84. The standard InChI is InChI=1S/C30H37N3O5/c1-5-6-7-8-19-38-23-14-12-22(13-15-23)26-24(28(35)30(36)33(26)17-10-18-37-4)27(34)25-21(3)32-16-9-11-20(2)29(32)31-25/h9,11-16,26,34H,5-8,10,17-19H2,1-4H3. The van der Waals surface area contributed by atoms with E-state index in [-0.39, 0.29) is 11.3 Å². The molecule has 1 saturated heterocycles. The van der Waals surface area contributed by atoms with Crippen molar-refractivity contribution in [2.45, 2.75) is 58.9 Å². The van der Waals surface area contributed by atoms with Crippen molar-refractivity contribution in [1.82, 2.24) is 14.3 Å². The average Bonchev–Trinajstić information content (AvgIpc) is 3.39. The van der Waals surface area contributed by atoms with E-state index >= 15 is 0 Å². The largest absolute Gasteiger partial charge is 0.505 e. The van der Waals surface area contributed by atoms with Crippen molar-refractivity contribution in [2.24, 2.45) is 0 Å². The molecule has 0 aliphatic carbocycles. The monoisotopic (exact) mass is 519 g/mol. The van der Waals surface area contributed by atoms with E-state index in [1.165, 1.54) is 17.7 Å². The third-order valence-corrected chi connectivity index (χ3v) is 7.06. The number of ether oxygens (including phenoxy) is 2. The van der Waals surface area contributed by atoms with Gasteiger partial charge in [-0.25, -0.2) is 4.98 Å². The summed E-state index contributed by atoms with van der Waals surface area (Å²) in [6, 6.07) is 10.5. The van der Waals surface area contributed by atoms with Gasteiger partial charge < -0.3 is 23.9 Å². The Morgan fingerprint density at radius 3 is 2.47 bits per heavy atom. The molecule has 38 heavy (non-hydrogen) atoms. The Hall–Kier alpha value is -3.65. The molecule has 4 rings (SSSR count). The number of aliphatic hydroxyl groups excluding tert-OH is 1. The first-order chi connectivity index (χ1) is 18.4. The van der Waals surface area contributed by atoms with Gasteiger partial charge in [-0.05, 0) is 56.0 Å². The lowest BCUT2D eigenvalue weighted by Gasteiger charge is -2.25. The van der Waals surface area contributed by atoms with Gasteiger partial charge in [0.25, 0.3) is 11.7 Å². The second-order valence-corrected chi connectivity index (χ2v) is 9.75. The van der Waals surface area contributed by atoms with E-state index in [2.05, 4.69) is 11.9 Å². The fourth-order valence-corrected chi connectivity index (χ4v) is 4.98. The number of amides is 1. The number of pyridine rings is 1. The molecule has 1 aliphatic rings. The number of carbonyl (C=O) groups is 2. The van der Waals surface area contributed by atoms with Crippen LogP contribution in [0.5, 0.6) is 5.75 Å². The van der Waals surface area contributed by atoms with Crippen molar-refractivity contribution < 1.29 is 24.2 Å². The molecule has 8 heteroatoms. The van der Waals surface area contributed by atoms with Gasteiger partial charge in [0.2, 0.25) is 0 Å². The number of imidazole rings is 1. The molecule has 1 atom stereocenters. The van der Waals surface area contributed by atoms with Crippen LogP contribution in [0, 0.1) is 13.8 Å². The van der Waals surface area contributed by atoms with Gasteiger partial charge in [0.05, 0.1) is 23.9 Å². The van der Waals surface area contributed by atoms with E-state index < -0.39 is 17.7 Å². The summed E-state index contributed by atoms with van der Waals surface area (Å²) in [4.78, 5) is 32.7. The van der Waals surface area contributed by atoms with Gasteiger partial charge in [0.15, 0.2) is 5.76 Å². The van der Waals surface area contributed by atoms with E-state index in [1.54, 1.807) is 7.11 Å². The maximum atomic E-state index is 13.3. The second kappa shape index (κ2) is 12.3. The molecule has 1 N–H and O–H groups in total. The van der Waals surface area contributed by atoms with E-state index in [1.807, 2.05) is 60.8 Å². The molecule has 1 amide bonds. The van der Waals surface area contributed by atoms with Crippen LogP contribution in [0.2, 0.25) is 0 Å². The first kappa shape index (κ1) is 27.4. The zero-order chi connectivity index (χ0) is 27.2. The number of benzene rings is 1. The smallest absolute Gasteiger partial charge is 0.295 e. The van der Waals surface area contributed by atoms with E-state index in [9.17, 15) is 14.7 Å². The zero-order valence-electron chi connectivity index (χ0n) is 22.7. The van der Waals surface area contributed by atoms with Gasteiger partial charge >= 0.3 is 0 Å². The number of hydrogen-bond acceptors (Lipinski definition) is 6. The van der Waals surface area contributed by atoms with Crippen LogP contribution in [0.15, 0.2) is 48.2 Å². The van der Waals surface area contributed by atoms with Crippen LogP contribution in [0.25, 0.3) is 11.4 Å². The van der Waals surface area contributed by atoms with Crippen molar-refractivity contribution in [3.05, 3.63) is 70.7 Å². The van der Waals surface area contributed by atoms with Gasteiger partial charge in [-0.2, -0.15) is 0 Å². The highest BCUT2D eigenvalue weighted by molar-refractivity contribution is 6.46. The number of aromatic nitrogens is 2. The Bertz CT molecular complexity index is 1330. The number of hydrogen-bond donors (Lipinski definition) is 1. The summed E-state index contributed by atoms with van der Waals surface area (Å²) in [6.07, 6.45) is 6.91. The molecular weight excluding hydrogens is 482 g/mol. The fourth-order valence-electron chi connectivity index (χ4n) is 4.98. The molecule has 1 fully saturated rings. The molecule has 3 aromatic rings. The number of ketones is 1. The third kappa shape index (κ3) is 5.45. The number of aryl methyl sites for hydroxylation is 2. The highest BCUT2D eigenvalue weighted by Gasteiger charge is 2.46. The maximum absolute atomic E-state index is 13.3. The average molecular weight is 520 g/mol. The lowest BCUT2D eigenvalue weighted by Crippen LogP contribution is -2.31. The van der Waals surface area contributed by atoms with Crippen LogP contribution >= 0.6 is 0 Å². The van der Waals surface area contributed by atoms with Crippen molar-refractivity contribution >= 4 is 23.1 Å². The number of aliphatic hydroxyl groups is 1. The lowest BCUT2D eigenvalue weighted by molar-refractivity contribution is -0.140. The van der Waals surface area contributed by atoms with Crippen molar-refractivity contribution in [3.63, 3.8) is 0 Å². The summed E-state index contributed by atoms with van der Waals surface area (Å²) in [6.45, 7) is 7.36. The maximum Gasteiger partial charge on any atom is 0.295 e. The number of nitrogens with zero attached hydrogens (tertiary/aromatic N) is 3. The second-order valence-electron chi connectivity index (χ2n) is 9.75. The molecule has 0 saturated carbocycles. The minimum Gasteiger partial charge on any atom is -0.505 e. The number of unbranched alkanes of at least 4 members (excludes halogenated alkanes) is 3. The Morgan fingerprint density at radius 2 is 1.79 bits per heavy atom. The Morgan fingerprint density at radius 1 is 1.03 bits per heavy atom. The van der Waals surface area contributed by atoms with Crippen molar-refractivity contribution in [1.29, 1.82) is 0 Å². The van der Waals surface area contributed by atoms with Crippen LogP contribution in [-0.4, -0.2) is 57.9 Å². The van der Waals surface area contributed by atoms with E-state index in [0.717, 1.165) is 29.7 Å². The summed E-state index contributed by atoms with van der Waals surface area (Å²) in [5.74, 6) is -0.886. The zero-order valence-corrected chi connectivity index (χ0v) is 22.7. The third-order valence-electron chi connectivity index (χ3n) is 7.06. The summed E-state index contributed by atoms with van der Waals surface area (Å²) in [7, 11) is 1.60. The molecule has 1 unspecified atom stereocenters. The molecule has 0 spiro atoms. The molecule has 0 radical (unpaired) electrons. The van der Waals surface area contributed by atoms with Gasteiger partial charge in [-0.1, -0.05) is 44.4 Å². The normalized spacial score (nSPS) is 17.1. The first-order valence-electron chi connectivity index (χ1n) is 13.3. The van der Waals surface area contributed by atoms with Crippen molar-refractivity contribution in [2.75, 3.05) is 26.9 Å². The Labute approximate surface area is 223 Å². The number of carbonyl (C=O) groups excluding carboxylic acids is 2. The van der Waals surface area contributed by atoms with Crippen LogP contribution in [0.3, 0.4) is 0 Å². The fraction of sp³-hybridized carbons (Fsp3) is 0.433. The van der Waals surface area contributed by atoms with Crippen LogP contribution in [0.1, 0.15) is 67.6 Å². The minimum atomic E-state index is -0.740. The summed E-state index contributed by atoms with van der Waals surface area (Å²) in [5.41, 5.74) is 3.39. The lowest BCUT2D eigenvalue weighted by atomic mass is 9.96. The molecule has 2 aromatic heterocycles. The van der Waals surface area contributed by atoms with E-state index in [4.69, 9.17) is 9.47 Å². The van der Waals surface area contributed by atoms with Gasteiger partial charge in [-0.15, -0.1) is 0 Å². The number of fused-ring (bicyclic) bond motifs is 1. The molecular formula is C30H37N3O5. The molecule has 1 aromatic carbocycles. The Balaban J connectivity index is 1.72. The molecule has 0 bridgehead atoms. The van der Waals surface area contributed by atoms with Crippen LogP contribution in [0.4, 0.5) is 0 Å². The molecule has 8 nitrogen and oxygen atoms in total. The quantitative estimate of drug-likeness (QED) is 0.150. The minimum absolute atomic E-state index is 0.0461. The van der Waals surface area contributed by atoms with Gasteiger partial charge in [-0.3, -0.25) is 9.59 Å². The SMILES string of the molecule is CCCCCCOc1ccc(C2C(=C(O)c3nc4c(C)cccn4c3C)C(=O)C(=O)N2CCCOC)cc1. The molecule has 1 aliphatic heterocycles. The molecule has 202 valence electrons. The predicted molar refractivity (Wildman–Crippen MR) is 146 cm³/mol. The highest BCUT2D eigenvalue weighted by Crippen LogP contribution is 2.40. The number of rotatable bonds is 12. The number of methoxy groups -OCH3 is 1. The predicted octanol–water partition coefficient (Wildman–Crippen LogP) is 5.37. The summed E-state index contributed by atoms with van der Waals surface area (Å²) in [5, 5.41) is 11.5. The van der Waals surface area contributed by atoms with E-state index in [0.29, 0.717) is 43.2 Å². The highest BCUT2D eigenvalue weighted by atomic mass is 16.5. The summed E-state index contributed by atoms with van der Waals surface area (Å²) >= 11 is 0. The number of likely N-dealkylation sites (tertiary alicyclic amines) is 1. The van der Waals surface area contributed by atoms with Crippen molar-refractivity contribution in [3.8, 4) is 5.75 Å². The van der Waals surface area contributed by atoms with Gasteiger partial charge in [0, 0.05) is 26.5 Å². The van der Waals surface area contributed by atoms with Crippen LogP contribution in [-0.2, 0) is 14.3 Å². The number of Topliss-reactive ketones (excluding diaryl/α,β-unsaturated/α-hetero) is 1. The first-order valence-corrected chi connectivity index (χ1v) is 13.3. The van der Waals surface area contributed by atoms with Gasteiger partial charge in [0.1, 0.15) is 17.1 Å².